The lowest BCUT2D eigenvalue weighted by atomic mass is 10.0. The zero-order chi connectivity index (χ0) is 10.6. The van der Waals surface area contributed by atoms with Crippen LogP contribution in [-0.2, 0) is 0 Å². The van der Waals surface area contributed by atoms with Gasteiger partial charge < -0.3 is 0 Å². The molecule has 0 N–H and O–H groups in total. The molecule has 0 heterocycles. The van der Waals surface area contributed by atoms with Gasteiger partial charge in [-0.15, -0.1) is 5.92 Å². The van der Waals surface area contributed by atoms with Crippen molar-refractivity contribution in [1.82, 2.24) is 0 Å². The van der Waals surface area contributed by atoms with Crippen molar-refractivity contribution in [3.05, 3.63) is 34.6 Å². The molecule has 2 nitrogen and oxygen atoms in total. The maximum absolute atomic E-state index is 13.2. The van der Waals surface area contributed by atoms with Crippen LogP contribution in [0.2, 0.25) is 0 Å². The van der Waals surface area contributed by atoms with Gasteiger partial charge in [0.2, 0.25) is 0 Å². The number of halogens is 1. The van der Waals surface area contributed by atoms with Crippen LogP contribution in [0.1, 0.15) is 23.6 Å². The third-order valence-electron chi connectivity index (χ3n) is 1.64. The largest absolute Gasteiger partial charge is 0.206 e. The van der Waals surface area contributed by atoms with Crippen molar-refractivity contribution in [2.45, 2.75) is 6.92 Å². The first-order chi connectivity index (χ1) is 6.74. The quantitative estimate of drug-likeness (QED) is 0.578. The van der Waals surface area contributed by atoms with E-state index in [4.69, 9.17) is 10.5 Å². The predicted octanol–water partition coefficient (Wildman–Crippen LogP) is 1.94. The van der Waals surface area contributed by atoms with Gasteiger partial charge in [-0.2, -0.15) is 10.5 Å². The second-order valence-corrected chi connectivity index (χ2v) is 2.44. The van der Waals surface area contributed by atoms with Crippen LogP contribution in [-0.4, -0.2) is 0 Å². The lowest BCUT2D eigenvalue weighted by Crippen LogP contribution is -1.93. The van der Waals surface area contributed by atoms with Gasteiger partial charge in [0.25, 0.3) is 0 Å². The van der Waals surface area contributed by atoms with E-state index in [-0.39, 0.29) is 16.7 Å². The Bertz CT molecular complexity index is 507. The molecule has 66 valence electrons. The Balaban J connectivity index is 3.60. The van der Waals surface area contributed by atoms with Gasteiger partial charge in [0.05, 0.1) is 16.7 Å². The molecule has 0 aliphatic carbocycles. The van der Waals surface area contributed by atoms with Crippen LogP contribution in [0.25, 0.3) is 0 Å². The second-order valence-electron chi connectivity index (χ2n) is 2.44. The molecule has 1 rings (SSSR count). The zero-order valence-electron chi connectivity index (χ0n) is 7.43. The molecule has 0 aromatic heterocycles. The van der Waals surface area contributed by atoms with Gasteiger partial charge in [0.1, 0.15) is 18.0 Å². The van der Waals surface area contributed by atoms with Gasteiger partial charge in [-0.3, -0.25) is 0 Å². The number of hydrogen-bond acceptors (Lipinski definition) is 2. The van der Waals surface area contributed by atoms with E-state index in [9.17, 15) is 4.39 Å². The molecule has 0 amide bonds. The number of rotatable bonds is 0. The molecule has 0 unspecified atom stereocenters. The summed E-state index contributed by atoms with van der Waals surface area (Å²) >= 11 is 0. The van der Waals surface area contributed by atoms with E-state index in [1.165, 1.54) is 6.07 Å². The summed E-state index contributed by atoms with van der Waals surface area (Å²) in [5.41, 5.74) is 0.141. The van der Waals surface area contributed by atoms with Gasteiger partial charge in [-0.1, -0.05) is 5.92 Å². The van der Waals surface area contributed by atoms with Gasteiger partial charge in [0.15, 0.2) is 0 Å². The van der Waals surface area contributed by atoms with E-state index in [0.29, 0.717) is 0 Å². The molecule has 0 aliphatic rings. The second kappa shape index (κ2) is 4.08. The molecular weight excluding hydrogens is 179 g/mol. The first kappa shape index (κ1) is 9.78. The average Bonchev–Trinajstić information content (AvgIpc) is 2.21. The highest BCUT2D eigenvalue weighted by Crippen LogP contribution is 2.16. The summed E-state index contributed by atoms with van der Waals surface area (Å²) in [6.45, 7) is 1.54. The molecule has 0 radical (unpaired) electrons. The van der Waals surface area contributed by atoms with E-state index < -0.39 is 5.82 Å². The fourth-order valence-electron chi connectivity index (χ4n) is 1.03. The SMILES string of the molecule is CC#Cc1c(F)ccc(C#N)c1C#N. The maximum Gasteiger partial charge on any atom is 0.140 e. The summed E-state index contributed by atoms with van der Waals surface area (Å²) in [4.78, 5) is 0. The number of benzene rings is 1. The van der Waals surface area contributed by atoms with Crippen molar-refractivity contribution in [3.63, 3.8) is 0 Å². The number of hydrogen-bond donors (Lipinski definition) is 0. The maximum atomic E-state index is 13.2. The fraction of sp³-hybridized carbons (Fsp3) is 0.0909. The molecule has 0 atom stereocenters. The van der Waals surface area contributed by atoms with E-state index in [1.807, 2.05) is 6.07 Å². The van der Waals surface area contributed by atoms with Crippen molar-refractivity contribution in [1.29, 1.82) is 10.5 Å². The summed E-state index contributed by atoms with van der Waals surface area (Å²) in [6, 6.07) is 6.00. The molecule has 0 saturated carbocycles. The minimum Gasteiger partial charge on any atom is -0.206 e. The van der Waals surface area contributed by atoms with Gasteiger partial charge in [-0.05, 0) is 19.1 Å². The molecule has 0 saturated heterocycles. The zero-order valence-corrected chi connectivity index (χ0v) is 7.43. The molecule has 1 aromatic carbocycles. The smallest absolute Gasteiger partial charge is 0.140 e. The first-order valence-electron chi connectivity index (χ1n) is 3.80. The third kappa shape index (κ3) is 1.56. The highest BCUT2D eigenvalue weighted by atomic mass is 19.1. The van der Waals surface area contributed by atoms with Crippen molar-refractivity contribution >= 4 is 0 Å². The Morgan fingerprint density at radius 2 is 1.86 bits per heavy atom. The van der Waals surface area contributed by atoms with Crippen LogP contribution >= 0.6 is 0 Å². The summed E-state index contributed by atoms with van der Waals surface area (Å²) in [5, 5.41) is 17.4. The molecule has 3 heteroatoms. The highest BCUT2D eigenvalue weighted by molar-refractivity contribution is 5.56. The predicted molar refractivity (Wildman–Crippen MR) is 48.4 cm³/mol. The standard InChI is InChI=1S/C11H5FN2/c1-2-3-9-10(7-14)8(6-13)4-5-11(9)12/h4-5H,1H3. The van der Waals surface area contributed by atoms with Crippen molar-refractivity contribution in [2.24, 2.45) is 0 Å². The summed E-state index contributed by atoms with van der Waals surface area (Å²) in [7, 11) is 0. The summed E-state index contributed by atoms with van der Waals surface area (Å²) < 4.78 is 13.2. The Hall–Kier alpha value is -2.31. The summed E-state index contributed by atoms with van der Waals surface area (Å²) in [5.74, 6) is 4.40. The normalized spacial score (nSPS) is 8.00. The van der Waals surface area contributed by atoms with Crippen LogP contribution in [0.5, 0.6) is 0 Å². The molecular formula is C11H5FN2. The minimum absolute atomic E-state index is 0.00171. The van der Waals surface area contributed by atoms with Gasteiger partial charge >= 0.3 is 0 Å². The average molecular weight is 184 g/mol. The Labute approximate surface area is 81.2 Å². The van der Waals surface area contributed by atoms with E-state index >= 15 is 0 Å². The molecule has 0 spiro atoms. The topological polar surface area (TPSA) is 47.6 Å². The van der Waals surface area contributed by atoms with E-state index in [1.54, 1.807) is 13.0 Å². The molecule has 1 aromatic rings. The minimum atomic E-state index is -0.574. The van der Waals surface area contributed by atoms with Crippen LogP contribution in [0, 0.1) is 40.3 Å². The third-order valence-corrected chi connectivity index (χ3v) is 1.64. The Morgan fingerprint density at radius 1 is 1.14 bits per heavy atom. The Morgan fingerprint density at radius 3 is 2.36 bits per heavy atom. The number of nitriles is 2. The highest BCUT2D eigenvalue weighted by Gasteiger charge is 2.10. The summed E-state index contributed by atoms with van der Waals surface area (Å²) in [6.07, 6.45) is 0. The lowest BCUT2D eigenvalue weighted by molar-refractivity contribution is 0.623. The monoisotopic (exact) mass is 184 g/mol. The van der Waals surface area contributed by atoms with E-state index in [2.05, 4.69) is 11.8 Å². The number of nitrogens with zero attached hydrogens (tertiary/aromatic N) is 2. The molecule has 14 heavy (non-hydrogen) atoms. The van der Waals surface area contributed by atoms with E-state index in [0.717, 1.165) is 6.07 Å². The van der Waals surface area contributed by atoms with Crippen LogP contribution in [0.4, 0.5) is 4.39 Å². The van der Waals surface area contributed by atoms with Crippen LogP contribution in [0.15, 0.2) is 12.1 Å². The van der Waals surface area contributed by atoms with Crippen molar-refractivity contribution in [3.8, 4) is 24.0 Å². The van der Waals surface area contributed by atoms with Crippen LogP contribution in [0.3, 0.4) is 0 Å². The van der Waals surface area contributed by atoms with Crippen molar-refractivity contribution in [2.75, 3.05) is 0 Å². The van der Waals surface area contributed by atoms with Crippen LogP contribution < -0.4 is 0 Å². The van der Waals surface area contributed by atoms with Gasteiger partial charge in [0, 0.05) is 0 Å². The molecule has 0 aliphatic heterocycles. The van der Waals surface area contributed by atoms with Crippen molar-refractivity contribution < 1.29 is 4.39 Å². The first-order valence-corrected chi connectivity index (χ1v) is 3.80. The molecule has 0 fully saturated rings. The Kier molecular flexibility index (Phi) is 2.85. The fourth-order valence-corrected chi connectivity index (χ4v) is 1.03. The van der Waals surface area contributed by atoms with Gasteiger partial charge in [-0.25, -0.2) is 4.39 Å². The molecule has 0 bridgehead atoms. The lowest BCUT2D eigenvalue weighted by Gasteiger charge is -1.98.